The predicted octanol–water partition coefficient (Wildman–Crippen LogP) is 5.38. The molecular weight excluding hydrogens is 374 g/mol. The molecule has 3 aromatic carbocycles. The number of thiocarbonyl (C=S) groups is 1. The van der Waals surface area contributed by atoms with E-state index in [9.17, 15) is 0 Å². The molecule has 0 saturated carbocycles. The average Bonchev–Trinajstić information content (AvgIpc) is 2.99. The number of hydrogen-bond acceptors (Lipinski definition) is 2. The second-order valence-corrected chi connectivity index (χ2v) is 7.64. The third-order valence-corrected chi connectivity index (χ3v) is 5.90. The summed E-state index contributed by atoms with van der Waals surface area (Å²) in [6.07, 6.45) is 0.00511. The zero-order valence-corrected chi connectivity index (χ0v) is 16.2. The van der Waals surface area contributed by atoms with E-state index in [1.165, 1.54) is 16.7 Å². The van der Waals surface area contributed by atoms with Crippen LogP contribution >= 0.6 is 23.8 Å². The fourth-order valence-corrected chi connectivity index (χ4v) is 4.43. The van der Waals surface area contributed by atoms with Gasteiger partial charge in [0.15, 0.2) is 5.11 Å². The van der Waals surface area contributed by atoms with E-state index in [4.69, 9.17) is 23.8 Å². The molecule has 1 fully saturated rings. The van der Waals surface area contributed by atoms with Crippen molar-refractivity contribution in [2.75, 3.05) is 4.90 Å². The first-order chi connectivity index (χ1) is 13.2. The van der Waals surface area contributed by atoms with E-state index in [-0.39, 0.29) is 6.17 Å². The zero-order valence-electron chi connectivity index (χ0n) is 14.6. The molecule has 2 aliphatic heterocycles. The molecule has 0 aromatic heterocycles. The van der Waals surface area contributed by atoms with Crippen LogP contribution in [-0.2, 0) is 13.1 Å². The minimum atomic E-state index is 0.00511. The molecule has 3 nitrogen and oxygen atoms in total. The highest BCUT2D eigenvalue weighted by Gasteiger charge is 2.45. The summed E-state index contributed by atoms with van der Waals surface area (Å²) in [5.74, 6) is 0. The average molecular weight is 392 g/mol. The van der Waals surface area contributed by atoms with E-state index in [1.54, 1.807) is 0 Å². The van der Waals surface area contributed by atoms with Crippen LogP contribution in [0.2, 0.25) is 5.02 Å². The van der Waals surface area contributed by atoms with E-state index in [2.05, 4.69) is 75.6 Å². The van der Waals surface area contributed by atoms with Crippen molar-refractivity contribution >= 4 is 34.6 Å². The van der Waals surface area contributed by atoms with Gasteiger partial charge in [0.05, 0.1) is 6.54 Å². The molecule has 134 valence electrons. The maximum Gasteiger partial charge on any atom is 0.192 e. The van der Waals surface area contributed by atoms with Crippen molar-refractivity contribution in [2.24, 2.45) is 0 Å². The summed E-state index contributed by atoms with van der Waals surface area (Å²) in [5.41, 5.74) is 4.96. The van der Waals surface area contributed by atoms with Gasteiger partial charge < -0.3 is 0 Å². The molecule has 0 spiro atoms. The summed E-state index contributed by atoms with van der Waals surface area (Å²) in [4.78, 5) is 2.24. The minimum Gasteiger partial charge on any atom is -0.296 e. The molecule has 0 amide bonds. The summed E-state index contributed by atoms with van der Waals surface area (Å²) >= 11 is 12.1. The first-order valence-electron chi connectivity index (χ1n) is 8.97. The molecule has 0 bridgehead atoms. The number of rotatable bonds is 2. The molecule has 0 aliphatic carbocycles. The van der Waals surface area contributed by atoms with Gasteiger partial charge >= 0.3 is 0 Å². The van der Waals surface area contributed by atoms with Gasteiger partial charge in [-0.15, -0.1) is 0 Å². The maximum absolute atomic E-state index is 6.14. The summed E-state index contributed by atoms with van der Waals surface area (Å²) in [6, 6.07) is 27.0. The van der Waals surface area contributed by atoms with Gasteiger partial charge in [0.2, 0.25) is 0 Å². The molecule has 1 saturated heterocycles. The van der Waals surface area contributed by atoms with Crippen molar-refractivity contribution in [3.05, 3.63) is 101 Å². The van der Waals surface area contributed by atoms with Crippen molar-refractivity contribution < 1.29 is 0 Å². The van der Waals surface area contributed by atoms with Crippen LogP contribution in [0.4, 0.5) is 5.69 Å². The predicted molar refractivity (Wildman–Crippen MR) is 113 cm³/mol. The normalized spacial score (nSPS) is 19.1. The second kappa shape index (κ2) is 6.64. The Hall–Kier alpha value is -2.40. The molecule has 2 heterocycles. The lowest BCUT2D eigenvalue weighted by Crippen LogP contribution is -2.42. The lowest BCUT2D eigenvalue weighted by molar-refractivity contribution is 0.00659. The number of para-hydroxylation sites is 1. The number of halogens is 1. The van der Waals surface area contributed by atoms with Gasteiger partial charge in [-0.05, 0) is 53.2 Å². The van der Waals surface area contributed by atoms with Gasteiger partial charge in [-0.1, -0.05) is 66.2 Å². The highest BCUT2D eigenvalue weighted by molar-refractivity contribution is 7.80. The Bertz CT molecular complexity index is 990. The number of nitrogens with zero attached hydrogens (tertiary/aromatic N) is 3. The van der Waals surface area contributed by atoms with Gasteiger partial charge in [-0.3, -0.25) is 9.91 Å². The van der Waals surface area contributed by atoms with Crippen molar-refractivity contribution in [1.82, 2.24) is 10.0 Å². The Morgan fingerprint density at radius 3 is 2.11 bits per heavy atom. The Labute approximate surface area is 169 Å². The summed E-state index contributed by atoms with van der Waals surface area (Å²) < 4.78 is 0. The lowest BCUT2D eigenvalue weighted by Gasteiger charge is -2.36. The topological polar surface area (TPSA) is 9.72 Å². The van der Waals surface area contributed by atoms with E-state index < -0.39 is 0 Å². The van der Waals surface area contributed by atoms with Crippen LogP contribution in [0.25, 0.3) is 0 Å². The van der Waals surface area contributed by atoms with E-state index in [0.717, 1.165) is 28.9 Å². The van der Waals surface area contributed by atoms with Crippen molar-refractivity contribution in [1.29, 1.82) is 0 Å². The van der Waals surface area contributed by atoms with Gasteiger partial charge in [0.1, 0.15) is 6.17 Å². The summed E-state index contributed by atoms with van der Waals surface area (Å²) in [5, 5.41) is 6.16. The highest BCUT2D eigenvalue weighted by Crippen LogP contribution is 2.42. The van der Waals surface area contributed by atoms with E-state index >= 15 is 0 Å². The van der Waals surface area contributed by atoms with Crippen molar-refractivity contribution in [3.63, 3.8) is 0 Å². The van der Waals surface area contributed by atoms with Gasteiger partial charge in [0, 0.05) is 17.3 Å². The minimum absolute atomic E-state index is 0.00511. The monoisotopic (exact) mass is 391 g/mol. The number of anilines is 1. The summed E-state index contributed by atoms with van der Waals surface area (Å²) in [6.45, 7) is 1.62. The largest absolute Gasteiger partial charge is 0.296 e. The molecule has 0 N–H and O–H groups in total. The first-order valence-corrected chi connectivity index (χ1v) is 9.75. The van der Waals surface area contributed by atoms with E-state index in [0.29, 0.717) is 0 Å². The summed E-state index contributed by atoms with van der Waals surface area (Å²) in [7, 11) is 0. The Morgan fingerprint density at radius 1 is 0.778 bits per heavy atom. The Kier molecular flexibility index (Phi) is 4.12. The van der Waals surface area contributed by atoms with Gasteiger partial charge in [0.25, 0.3) is 0 Å². The third-order valence-electron chi connectivity index (χ3n) is 5.24. The SMILES string of the molecule is S=C1N(c2ccccc2)C(c2ccc(Cl)cc2)N2Cc3ccccc3CN12. The molecule has 3 aromatic rings. The molecule has 5 heteroatoms. The zero-order chi connectivity index (χ0) is 18.4. The fourth-order valence-electron chi connectivity index (χ4n) is 3.93. The van der Waals surface area contributed by atoms with Crippen LogP contribution in [0.1, 0.15) is 22.9 Å². The molecule has 0 radical (unpaired) electrons. The molecule has 1 atom stereocenters. The van der Waals surface area contributed by atoms with Crippen molar-refractivity contribution in [3.8, 4) is 0 Å². The Balaban J connectivity index is 1.63. The molecule has 1 unspecified atom stereocenters. The van der Waals surface area contributed by atoms with Crippen LogP contribution in [0, 0.1) is 0 Å². The number of benzene rings is 3. The van der Waals surface area contributed by atoms with Crippen molar-refractivity contribution in [2.45, 2.75) is 19.3 Å². The second-order valence-electron chi connectivity index (χ2n) is 6.84. The standard InChI is InChI=1S/C22H18ClN3S/c23-19-12-10-16(11-13-19)21-24-14-17-6-4-5-7-18(17)15-25(24)22(27)26(21)20-8-2-1-3-9-20/h1-13,21H,14-15H2. The highest BCUT2D eigenvalue weighted by atomic mass is 35.5. The quantitative estimate of drug-likeness (QED) is 0.542. The number of fused-ring (bicyclic) bond motifs is 2. The van der Waals surface area contributed by atoms with E-state index in [1.807, 2.05) is 18.2 Å². The molecule has 2 aliphatic rings. The molecule has 5 rings (SSSR count). The third kappa shape index (κ3) is 2.81. The van der Waals surface area contributed by atoms with Crippen LogP contribution < -0.4 is 4.90 Å². The smallest absolute Gasteiger partial charge is 0.192 e. The Morgan fingerprint density at radius 2 is 1.41 bits per heavy atom. The van der Waals surface area contributed by atoms with Gasteiger partial charge in [-0.25, -0.2) is 0 Å². The van der Waals surface area contributed by atoms with Crippen LogP contribution in [0.5, 0.6) is 0 Å². The van der Waals surface area contributed by atoms with Crippen LogP contribution in [0.3, 0.4) is 0 Å². The maximum atomic E-state index is 6.14. The lowest BCUT2D eigenvalue weighted by atomic mass is 10.0. The van der Waals surface area contributed by atoms with Crippen LogP contribution in [-0.4, -0.2) is 15.1 Å². The molecular formula is C22H18ClN3S. The number of hydrazine groups is 1. The van der Waals surface area contributed by atoms with Gasteiger partial charge in [-0.2, -0.15) is 5.01 Å². The van der Waals surface area contributed by atoms with Crippen LogP contribution in [0.15, 0.2) is 78.9 Å². The molecule has 27 heavy (non-hydrogen) atoms. The fraction of sp³-hybridized carbons (Fsp3) is 0.136. The number of hydrogen-bond donors (Lipinski definition) is 0. The first kappa shape index (κ1) is 16.8.